The Morgan fingerprint density at radius 2 is 1.81 bits per heavy atom. The molecule has 220 valence electrons. The molecule has 4 rings (SSSR count). The molecule has 0 spiro atoms. The molecule has 3 aromatic rings. The Morgan fingerprint density at radius 3 is 2.48 bits per heavy atom. The summed E-state index contributed by atoms with van der Waals surface area (Å²) in [6, 6.07) is 18.9. The average molecular weight is 584 g/mol. The Balaban J connectivity index is 1.61. The lowest BCUT2D eigenvalue weighted by atomic mass is 9.85. The number of amides is 1. The van der Waals surface area contributed by atoms with Gasteiger partial charge in [0.25, 0.3) is 5.91 Å². The molecule has 3 aromatic carbocycles. The zero-order valence-electron chi connectivity index (χ0n) is 22.5. The number of halogens is 3. The van der Waals surface area contributed by atoms with Crippen LogP contribution in [0, 0.1) is 0 Å². The maximum absolute atomic E-state index is 13.8. The van der Waals surface area contributed by atoms with Crippen LogP contribution < -0.4 is 14.8 Å². The van der Waals surface area contributed by atoms with Crippen molar-refractivity contribution >= 4 is 17.5 Å². The predicted molar refractivity (Wildman–Crippen MR) is 147 cm³/mol. The van der Waals surface area contributed by atoms with Crippen LogP contribution in [0.1, 0.15) is 30.0 Å². The van der Waals surface area contributed by atoms with Gasteiger partial charge in [-0.25, -0.2) is 4.99 Å². The summed E-state index contributed by atoms with van der Waals surface area (Å²) in [5.41, 5.74) is 9.63. The van der Waals surface area contributed by atoms with Gasteiger partial charge in [0.05, 0.1) is 6.61 Å². The number of hydrogen-bond donors (Lipinski definition) is 2. The van der Waals surface area contributed by atoms with Gasteiger partial charge in [0, 0.05) is 42.2 Å². The van der Waals surface area contributed by atoms with Crippen LogP contribution in [0.3, 0.4) is 0 Å². The molecule has 42 heavy (non-hydrogen) atoms. The number of rotatable bonds is 12. The van der Waals surface area contributed by atoms with Crippen LogP contribution in [-0.4, -0.2) is 48.1 Å². The lowest BCUT2D eigenvalue weighted by Gasteiger charge is -2.28. The van der Waals surface area contributed by atoms with E-state index < -0.39 is 23.9 Å². The highest BCUT2D eigenvalue weighted by Crippen LogP contribution is 2.35. The summed E-state index contributed by atoms with van der Waals surface area (Å²) in [6.45, 7) is 2.09. The monoisotopic (exact) mass is 583 g/mol. The first kappa shape index (κ1) is 30.2. The average Bonchev–Trinajstić information content (AvgIpc) is 3.30. The molecule has 0 aliphatic carbocycles. The van der Waals surface area contributed by atoms with Gasteiger partial charge in [0.1, 0.15) is 17.6 Å². The summed E-state index contributed by atoms with van der Waals surface area (Å²) in [6.07, 6.45) is -5.01. The number of carbonyl (C=O) groups excluding carboxylic acids is 1. The standard InChI is InChI=1S/C29H28F3N5O5/c1-19-28(17-22-5-2-3-6-25(22)36-37-33,27(39)34-18-20-7-11-24(12-8-20)42-29(30,31)32)35-26(41-19)21-9-13-23(14-10-21)40-16-4-15-38/h2-3,5-14,19,38H,4,15-18H2,1H3,(H,34,39)/t19-,28-/m1/s1. The third kappa shape index (κ3) is 7.50. The SMILES string of the molecule is C[C@H]1OC(c2ccc(OCCCO)cc2)=N[C@@]1(Cc1ccccc1N=[N+]=[N-])C(=O)NCc1ccc(OC(F)(F)F)cc1. The first-order valence-corrected chi connectivity index (χ1v) is 13.0. The van der Waals surface area contributed by atoms with Gasteiger partial charge in [-0.05, 0) is 60.0 Å². The van der Waals surface area contributed by atoms with E-state index in [2.05, 4.69) is 20.1 Å². The van der Waals surface area contributed by atoms with Crippen LogP contribution in [0.15, 0.2) is 82.9 Å². The molecule has 2 N–H and O–H groups in total. The van der Waals surface area contributed by atoms with Crippen LogP contribution in [0.25, 0.3) is 10.4 Å². The lowest BCUT2D eigenvalue weighted by Crippen LogP contribution is -2.52. The number of aliphatic imine (C=N–C) groups is 1. The molecule has 0 saturated carbocycles. The molecule has 1 aliphatic rings. The second-order valence-electron chi connectivity index (χ2n) is 9.42. The zero-order chi connectivity index (χ0) is 30.2. The Labute approximate surface area is 239 Å². The number of hydrogen-bond acceptors (Lipinski definition) is 7. The Kier molecular flexibility index (Phi) is 9.56. The largest absolute Gasteiger partial charge is 0.573 e. The number of carbonyl (C=O) groups is 1. The molecular weight excluding hydrogens is 555 g/mol. The Morgan fingerprint density at radius 1 is 1.12 bits per heavy atom. The maximum atomic E-state index is 13.8. The van der Waals surface area contributed by atoms with E-state index in [1.54, 1.807) is 55.5 Å². The molecule has 1 aliphatic heterocycles. The minimum Gasteiger partial charge on any atom is -0.494 e. The number of azide groups is 1. The van der Waals surface area contributed by atoms with Crippen LogP contribution in [0.4, 0.5) is 18.9 Å². The molecule has 2 atom stereocenters. The second kappa shape index (κ2) is 13.3. The van der Waals surface area contributed by atoms with Crippen LogP contribution >= 0.6 is 0 Å². The Hall–Kier alpha value is -4.74. The highest BCUT2D eigenvalue weighted by atomic mass is 19.4. The molecule has 0 bridgehead atoms. The number of nitrogens with one attached hydrogen (secondary N) is 1. The molecule has 0 radical (unpaired) electrons. The number of alkyl halides is 3. The fourth-order valence-electron chi connectivity index (χ4n) is 4.38. The highest BCUT2D eigenvalue weighted by Gasteiger charge is 2.50. The van der Waals surface area contributed by atoms with Crippen molar-refractivity contribution in [3.8, 4) is 11.5 Å². The number of aliphatic hydroxyl groups is 1. The van der Waals surface area contributed by atoms with Gasteiger partial charge >= 0.3 is 6.36 Å². The summed E-state index contributed by atoms with van der Waals surface area (Å²) in [5.74, 6) is -0.0341. The first-order chi connectivity index (χ1) is 20.1. The summed E-state index contributed by atoms with van der Waals surface area (Å²) in [7, 11) is 0. The molecule has 0 unspecified atom stereocenters. The van der Waals surface area contributed by atoms with Gasteiger partial charge in [-0.3, -0.25) is 4.79 Å². The van der Waals surface area contributed by atoms with Gasteiger partial charge in [0.2, 0.25) is 5.90 Å². The van der Waals surface area contributed by atoms with E-state index in [1.165, 1.54) is 12.1 Å². The van der Waals surface area contributed by atoms with Gasteiger partial charge in [-0.15, -0.1) is 13.2 Å². The molecule has 0 aromatic heterocycles. The fraction of sp³-hybridized carbons (Fsp3) is 0.310. The molecule has 1 heterocycles. The van der Waals surface area contributed by atoms with Crippen LogP contribution in [-0.2, 0) is 22.5 Å². The van der Waals surface area contributed by atoms with E-state index in [4.69, 9.17) is 25.1 Å². The topological polar surface area (TPSA) is 138 Å². The summed E-state index contributed by atoms with van der Waals surface area (Å²) < 4.78 is 53.1. The van der Waals surface area contributed by atoms with Crippen LogP contribution in [0.2, 0.25) is 0 Å². The third-order valence-electron chi connectivity index (χ3n) is 6.54. The normalized spacial score (nSPS) is 17.9. The minimum absolute atomic E-state index is 0.00231. The van der Waals surface area contributed by atoms with E-state index in [1.807, 2.05) is 0 Å². The summed E-state index contributed by atoms with van der Waals surface area (Å²) in [4.78, 5) is 21.5. The van der Waals surface area contributed by atoms with Gasteiger partial charge in [0.15, 0.2) is 5.54 Å². The van der Waals surface area contributed by atoms with Crippen molar-refractivity contribution in [2.75, 3.05) is 13.2 Å². The molecule has 0 fully saturated rings. The Bertz CT molecular complexity index is 1460. The molecule has 1 amide bonds. The number of benzene rings is 3. The molecule has 13 heteroatoms. The van der Waals surface area contributed by atoms with Crippen molar-refractivity contribution in [3.63, 3.8) is 0 Å². The van der Waals surface area contributed by atoms with Crippen molar-refractivity contribution in [2.45, 2.75) is 44.3 Å². The van der Waals surface area contributed by atoms with E-state index >= 15 is 0 Å². The van der Waals surface area contributed by atoms with Crippen molar-refractivity contribution in [1.29, 1.82) is 0 Å². The van der Waals surface area contributed by atoms with Gasteiger partial charge < -0.3 is 24.6 Å². The summed E-state index contributed by atoms with van der Waals surface area (Å²) in [5, 5.41) is 15.5. The van der Waals surface area contributed by atoms with Crippen LogP contribution in [0.5, 0.6) is 11.5 Å². The molecule has 0 saturated heterocycles. The van der Waals surface area contributed by atoms with E-state index in [-0.39, 0.29) is 31.2 Å². The van der Waals surface area contributed by atoms with Crippen molar-refractivity contribution in [1.82, 2.24) is 5.32 Å². The minimum atomic E-state index is -4.81. The quantitative estimate of drug-likeness (QED) is 0.121. The van der Waals surface area contributed by atoms with E-state index in [0.29, 0.717) is 41.2 Å². The fourth-order valence-corrected chi connectivity index (χ4v) is 4.38. The van der Waals surface area contributed by atoms with E-state index in [9.17, 15) is 18.0 Å². The number of nitrogens with zero attached hydrogens (tertiary/aromatic N) is 4. The molecule has 10 nitrogen and oxygen atoms in total. The summed E-state index contributed by atoms with van der Waals surface area (Å²) >= 11 is 0. The van der Waals surface area contributed by atoms with Crippen molar-refractivity contribution in [2.24, 2.45) is 10.1 Å². The van der Waals surface area contributed by atoms with Crippen molar-refractivity contribution < 1.29 is 37.3 Å². The maximum Gasteiger partial charge on any atom is 0.573 e. The first-order valence-electron chi connectivity index (χ1n) is 13.0. The number of ether oxygens (including phenoxy) is 3. The smallest absolute Gasteiger partial charge is 0.494 e. The number of aliphatic hydroxyl groups excluding tert-OH is 1. The lowest BCUT2D eigenvalue weighted by molar-refractivity contribution is -0.274. The van der Waals surface area contributed by atoms with Gasteiger partial charge in [-0.1, -0.05) is 41.5 Å². The van der Waals surface area contributed by atoms with Gasteiger partial charge in [-0.2, -0.15) is 0 Å². The van der Waals surface area contributed by atoms with Crippen molar-refractivity contribution in [3.05, 3.63) is 99.9 Å². The third-order valence-corrected chi connectivity index (χ3v) is 6.54. The second-order valence-corrected chi connectivity index (χ2v) is 9.42. The predicted octanol–water partition coefficient (Wildman–Crippen LogP) is 5.75. The van der Waals surface area contributed by atoms with E-state index in [0.717, 1.165) is 12.1 Å². The highest BCUT2D eigenvalue weighted by molar-refractivity contribution is 6.01. The molecular formula is C29H28F3N5O5. The zero-order valence-corrected chi connectivity index (χ0v) is 22.5.